The molecular weight excluding hydrogens is 314 g/mol. The van der Waals surface area contributed by atoms with Crippen LogP contribution in [-0.2, 0) is 14.8 Å². The number of ether oxygens (including phenoxy) is 1. The van der Waals surface area contributed by atoms with E-state index in [1.165, 1.54) is 7.05 Å². The van der Waals surface area contributed by atoms with Gasteiger partial charge >= 0.3 is 0 Å². The molecule has 1 unspecified atom stereocenters. The summed E-state index contributed by atoms with van der Waals surface area (Å²) in [5.74, 6) is -0.242. The van der Waals surface area contributed by atoms with Crippen LogP contribution in [0.5, 0.6) is 0 Å². The minimum absolute atomic E-state index is 0.0698. The fraction of sp³-hybridized carbons (Fsp3) is 0.667. The van der Waals surface area contributed by atoms with Crippen LogP contribution in [0.4, 0.5) is 5.13 Å². The van der Waals surface area contributed by atoms with Gasteiger partial charge in [-0.2, -0.15) is 0 Å². The van der Waals surface area contributed by atoms with E-state index in [1.807, 2.05) is 0 Å². The first-order chi connectivity index (χ1) is 9.79. The lowest BCUT2D eigenvalue weighted by atomic mass is 10.2. The Balaban J connectivity index is 2.05. The number of rotatable bonds is 5. The maximum atomic E-state index is 12.1. The highest BCUT2D eigenvalue weighted by molar-refractivity contribution is 7.92. The van der Waals surface area contributed by atoms with Gasteiger partial charge in [0.1, 0.15) is 4.88 Å². The van der Waals surface area contributed by atoms with E-state index in [2.05, 4.69) is 10.3 Å². The Morgan fingerprint density at radius 2 is 2.29 bits per heavy atom. The van der Waals surface area contributed by atoms with Crippen molar-refractivity contribution < 1.29 is 17.9 Å². The van der Waals surface area contributed by atoms with E-state index >= 15 is 0 Å². The van der Waals surface area contributed by atoms with Crippen LogP contribution < -0.4 is 9.62 Å². The molecule has 1 atom stereocenters. The lowest BCUT2D eigenvalue weighted by Crippen LogP contribution is -2.31. The first-order valence-electron chi connectivity index (χ1n) is 6.60. The molecule has 1 saturated heterocycles. The first kappa shape index (κ1) is 16.2. The maximum Gasteiger partial charge on any atom is 0.263 e. The van der Waals surface area contributed by atoms with Gasteiger partial charge in [0.2, 0.25) is 10.0 Å². The summed E-state index contributed by atoms with van der Waals surface area (Å²) in [6.07, 6.45) is 3.13. The molecule has 118 valence electrons. The van der Waals surface area contributed by atoms with E-state index in [4.69, 9.17) is 4.74 Å². The van der Waals surface area contributed by atoms with Gasteiger partial charge in [-0.3, -0.25) is 4.79 Å². The first-order valence-corrected chi connectivity index (χ1v) is 9.26. The Bertz CT molecular complexity index is 620. The smallest absolute Gasteiger partial charge is 0.263 e. The van der Waals surface area contributed by atoms with Gasteiger partial charge in [0, 0.05) is 20.2 Å². The Labute approximate surface area is 128 Å². The molecule has 1 amide bonds. The topological polar surface area (TPSA) is 88.6 Å². The molecule has 1 aliphatic heterocycles. The Hall–Kier alpha value is -1.19. The number of carbonyl (C=O) groups is 1. The highest BCUT2D eigenvalue weighted by atomic mass is 32.2. The predicted octanol–water partition coefficient (Wildman–Crippen LogP) is 0.756. The molecule has 1 aromatic heterocycles. The number of hydrogen-bond donors (Lipinski definition) is 1. The quantitative estimate of drug-likeness (QED) is 0.859. The molecule has 2 heterocycles. The van der Waals surface area contributed by atoms with Gasteiger partial charge in [-0.1, -0.05) is 11.3 Å². The monoisotopic (exact) mass is 333 g/mol. The molecule has 0 spiro atoms. The number of nitrogens with one attached hydrogen (secondary N) is 1. The van der Waals surface area contributed by atoms with Crippen LogP contribution in [0.3, 0.4) is 0 Å². The van der Waals surface area contributed by atoms with Gasteiger partial charge in [0.05, 0.1) is 18.1 Å². The third-order valence-electron chi connectivity index (χ3n) is 3.27. The third kappa shape index (κ3) is 3.92. The summed E-state index contributed by atoms with van der Waals surface area (Å²) >= 11 is 1.07. The molecule has 1 N–H and O–H groups in total. The molecule has 7 nitrogen and oxygen atoms in total. The SMILES string of the molecule is Cc1nc(N(C)S(C)(=O)=O)sc1C(=O)NCC1CCCO1. The maximum absolute atomic E-state index is 12.1. The highest BCUT2D eigenvalue weighted by Crippen LogP contribution is 2.26. The van der Waals surface area contributed by atoms with Gasteiger partial charge in [0.25, 0.3) is 5.91 Å². The molecule has 0 aliphatic carbocycles. The van der Waals surface area contributed by atoms with Crippen LogP contribution in [0.1, 0.15) is 28.2 Å². The van der Waals surface area contributed by atoms with E-state index in [9.17, 15) is 13.2 Å². The minimum atomic E-state index is -3.38. The Kier molecular flexibility index (Phi) is 4.84. The van der Waals surface area contributed by atoms with Crippen molar-refractivity contribution in [2.45, 2.75) is 25.9 Å². The van der Waals surface area contributed by atoms with Gasteiger partial charge in [0.15, 0.2) is 5.13 Å². The summed E-state index contributed by atoms with van der Waals surface area (Å²) < 4.78 is 29.5. The highest BCUT2D eigenvalue weighted by Gasteiger charge is 2.22. The van der Waals surface area contributed by atoms with Crippen molar-refractivity contribution in [1.29, 1.82) is 0 Å². The van der Waals surface area contributed by atoms with Crippen LogP contribution in [0.15, 0.2) is 0 Å². The van der Waals surface area contributed by atoms with Gasteiger partial charge in [-0.15, -0.1) is 0 Å². The Morgan fingerprint density at radius 3 is 2.86 bits per heavy atom. The van der Waals surface area contributed by atoms with Crippen molar-refractivity contribution in [2.75, 3.05) is 30.8 Å². The van der Waals surface area contributed by atoms with Crippen molar-refractivity contribution in [2.24, 2.45) is 0 Å². The van der Waals surface area contributed by atoms with E-state index in [1.54, 1.807) is 6.92 Å². The van der Waals surface area contributed by atoms with Crippen molar-refractivity contribution in [1.82, 2.24) is 10.3 Å². The second kappa shape index (κ2) is 6.29. The van der Waals surface area contributed by atoms with Crippen LogP contribution in [0.2, 0.25) is 0 Å². The summed E-state index contributed by atoms with van der Waals surface area (Å²) in [6.45, 7) is 2.90. The number of amides is 1. The number of anilines is 1. The van der Waals surface area contributed by atoms with Gasteiger partial charge in [-0.25, -0.2) is 17.7 Å². The molecule has 0 bridgehead atoms. The van der Waals surface area contributed by atoms with Gasteiger partial charge in [-0.05, 0) is 19.8 Å². The zero-order valence-corrected chi connectivity index (χ0v) is 13.9. The van der Waals surface area contributed by atoms with Crippen LogP contribution in [-0.4, -0.2) is 51.9 Å². The zero-order valence-electron chi connectivity index (χ0n) is 12.2. The summed E-state index contributed by atoms with van der Waals surface area (Å²) in [7, 11) is -1.96. The molecule has 0 saturated carbocycles. The molecule has 21 heavy (non-hydrogen) atoms. The van der Waals surface area contributed by atoms with Crippen molar-refractivity contribution in [3.63, 3.8) is 0 Å². The van der Waals surface area contributed by atoms with Gasteiger partial charge < -0.3 is 10.1 Å². The number of nitrogens with zero attached hydrogens (tertiary/aromatic N) is 2. The van der Waals surface area contributed by atoms with E-state index in [-0.39, 0.29) is 17.1 Å². The summed E-state index contributed by atoms with van der Waals surface area (Å²) in [5.41, 5.74) is 0.523. The number of hydrogen-bond acceptors (Lipinski definition) is 6. The molecule has 9 heteroatoms. The largest absolute Gasteiger partial charge is 0.376 e. The lowest BCUT2D eigenvalue weighted by molar-refractivity contribution is 0.0860. The third-order valence-corrected chi connectivity index (χ3v) is 5.79. The zero-order chi connectivity index (χ0) is 15.6. The van der Waals surface area contributed by atoms with Crippen molar-refractivity contribution in [3.8, 4) is 0 Å². The summed E-state index contributed by atoms with van der Waals surface area (Å²) in [4.78, 5) is 16.7. The number of sulfonamides is 1. The molecule has 2 rings (SSSR count). The van der Waals surface area contributed by atoms with Crippen molar-refractivity contribution >= 4 is 32.4 Å². The van der Waals surface area contributed by atoms with Crippen LogP contribution in [0.25, 0.3) is 0 Å². The predicted molar refractivity (Wildman–Crippen MR) is 81.4 cm³/mol. The number of aryl methyl sites for hydroxylation is 1. The summed E-state index contributed by atoms with van der Waals surface area (Å²) in [6, 6.07) is 0. The second-order valence-corrected chi connectivity index (χ2v) is 7.98. The van der Waals surface area contributed by atoms with E-state index in [0.29, 0.717) is 17.1 Å². The van der Waals surface area contributed by atoms with Crippen molar-refractivity contribution in [3.05, 3.63) is 10.6 Å². The van der Waals surface area contributed by atoms with E-state index < -0.39 is 10.0 Å². The summed E-state index contributed by atoms with van der Waals surface area (Å²) in [5, 5.41) is 3.10. The minimum Gasteiger partial charge on any atom is -0.376 e. The Morgan fingerprint density at radius 1 is 1.57 bits per heavy atom. The number of thiazole rings is 1. The molecular formula is C12H19N3O4S2. The molecule has 1 aliphatic rings. The average Bonchev–Trinajstić information content (AvgIpc) is 3.03. The van der Waals surface area contributed by atoms with E-state index in [0.717, 1.165) is 41.3 Å². The molecule has 0 aromatic carbocycles. The average molecular weight is 333 g/mol. The normalized spacial score (nSPS) is 18.7. The second-order valence-electron chi connectivity index (χ2n) is 4.99. The standard InChI is InChI=1S/C12H19N3O4S2/c1-8-10(11(16)13-7-9-5-4-6-19-9)20-12(14-8)15(2)21(3,17)18/h9H,4-7H2,1-3H3,(H,13,16). The molecule has 1 fully saturated rings. The fourth-order valence-electron chi connectivity index (χ4n) is 1.96. The number of aromatic nitrogens is 1. The molecule has 0 radical (unpaired) electrons. The number of carbonyl (C=O) groups excluding carboxylic acids is 1. The molecule has 1 aromatic rings. The van der Waals surface area contributed by atoms with Crippen LogP contribution >= 0.6 is 11.3 Å². The lowest BCUT2D eigenvalue weighted by Gasteiger charge is -2.11. The van der Waals surface area contributed by atoms with Crippen LogP contribution in [0, 0.1) is 6.92 Å². The fourth-order valence-corrected chi connectivity index (χ4v) is 3.66.